The summed E-state index contributed by atoms with van der Waals surface area (Å²) in [5.74, 6) is 0.424. The Morgan fingerprint density at radius 3 is 2.82 bits per heavy atom. The van der Waals surface area contributed by atoms with Gasteiger partial charge in [-0.3, -0.25) is 0 Å². The summed E-state index contributed by atoms with van der Waals surface area (Å²) < 4.78 is 1.14. The molecule has 1 unspecified atom stereocenters. The summed E-state index contributed by atoms with van der Waals surface area (Å²) in [5.41, 5.74) is 1.31. The first-order valence-corrected chi connectivity index (χ1v) is 4.62. The standard InChI is InChI=1S/C10H12Br/c1-3-8(2)9-5-4-6-10(11)7-9/h4-8H,2-3H2,1H3. The lowest BCUT2D eigenvalue weighted by Gasteiger charge is -2.07. The average molecular weight is 212 g/mol. The first-order valence-electron chi connectivity index (χ1n) is 3.82. The Morgan fingerprint density at radius 2 is 2.27 bits per heavy atom. The highest BCUT2D eigenvalue weighted by Gasteiger charge is 2.01. The van der Waals surface area contributed by atoms with Crippen LogP contribution in [0.1, 0.15) is 24.8 Å². The van der Waals surface area contributed by atoms with Crippen LogP contribution in [-0.4, -0.2) is 0 Å². The lowest BCUT2D eigenvalue weighted by molar-refractivity contribution is 0.801. The van der Waals surface area contributed by atoms with E-state index in [0.29, 0.717) is 5.92 Å². The quantitative estimate of drug-likeness (QED) is 0.699. The zero-order valence-electron chi connectivity index (χ0n) is 6.68. The lowest BCUT2D eigenvalue weighted by atomic mass is 9.99. The van der Waals surface area contributed by atoms with Crippen molar-refractivity contribution in [3.63, 3.8) is 0 Å². The van der Waals surface area contributed by atoms with Gasteiger partial charge in [-0.1, -0.05) is 35.0 Å². The van der Waals surface area contributed by atoms with Crippen molar-refractivity contribution in [3.05, 3.63) is 41.2 Å². The lowest BCUT2D eigenvalue weighted by Crippen LogP contribution is -1.90. The highest BCUT2D eigenvalue weighted by atomic mass is 79.9. The molecule has 0 aliphatic carbocycles. The molecule has 0 aliphatic rings. The number of benzene rings is 1. The van der Waals surface area contributed by atoms with Crippen LogP contribution in [0.4, 0.5) is 0 Å². The molecular weight excluding hydrogens is 200 g/mol. The molecule has 0 aliphatic heterocycles. The molecule has 0 amide bonds. The molecule has 11 heavy (non-hydrogen) atoms. The molecule has 0 fully saturated rings. The topological polar surface area (TPSA) is 0 Å². The van der Waals surface area contributed by atoms with Crippen LogP contribution in [0.5, 0.6) is 0 Å². The summed E-state index contributed by atoms with van der Waals surface area (Å²) >= 11 is 3.43. The van der Waals surface area contributed by atoms with Gasteiger partial charge in [0, 0.05) is 4.47 Å². The fourth-order valence-electron chi connectivity index (χ4n) is 0.996. The zero-order chi connectivity index (χ0) is 8.27. The second-order valence-corrected chi connectivity index (χ2v) is 3.58. The van der Waals surface area contributed by atoms with Crippen molar-refractivity contribution in [2.75, 3.05) is 0 Å². The number of hydrogen-bond donors (Lipinski definition) is 0. The van der Waals surface area contributed by atoms with Crippen molar-refractivity contribution in [3.8, 4) is 0 Å². The van der Waals surface area contributed by atoms with Gasteiger partial charge < -0.3 is 0 Å². The molecule has 1 heteroatoms. The van der Waals surface area contributed by atoms with Gasteiger partial charge in [-0.25, -0.2) is 0 Å². The van der Waals surface area contributed by atoms with Gasteiger partial charge in [-0.05, 0) is 37.0 Å². The Morgan fingerprint density at radius 1 is 1.55 bits per heavy atom. The van der Waals surface area contributed by atoms with Gasteiger partial charge in [0.2, 0.25) is 0 Å². The van der Waals surface area contributed by atoms with Crippen molar-refractivity contribution in [1.29, 1.82) is 0 Å². The molecule has 0 saturated heterocycles. The van der Waals surface area contributed by atoms with Gasteiger partial charge in [0.05, 0.1) is 0 Å². The summed E-state index contributed by atoms with van der Waals surface area (Å²) in [6.45, 7) is 6.20. The first kappa shape index (κ1) is 8.79. The normalized spacial score (nSPS) is 13.0. The van der Waals surface area contributed by atoms with E-state index >= 15 is 0 Å². The maximum Gasteiger partial charge on any atom is 0.0178 e. The second kappa shape index (κ2) is 3.91. The first-order chi connectivity index (χ1) is 5.24. The van der Waals surface area contributed by atoms with E-state index in [1.807, 2.05) is 12.1 Å². The minimum atomic E-state index is 0.424. The molecule has 0 nitrogen and oxygen atoms in total. The molecule has 1 radical (unpaired) electrons. The fourth-order valence-corrected chi connectivity index (χ4v) is 1.41. The highest BCUT2D eigenvalue weighted by molar-refractivity contribution is 9.10. The molecule has 59 valence electrons. The summed E-state index contributed by atoms with van der Waals surface area (Å²) in [6.07, 6.45) is 1.09. The molecule has 1 aromatic rings. The van der Waals surface area contributed by atoms with Crippen LogP contribution in [-0.2, 0) is 0 Å². The van der Waals surface area contributed by atoms with Crippen LogP contribution in [0.15, 0.2) is 28.7 Å². The van der Waals surface area contributed by atoms with Crippen molar-refractivity contribution < 1.29 is 0 Å². The predicted octanol–water partition coefficient (Wildman–Crippen LogP) is 3.78. The minimum Gasteiger partial charge on any atom is -0.0648 e. The number of rotatable bonds is 2. The molecule has 0 aromatic heterocycles. The average Bonchev–Trinajstić information content (AvgIpc) is 2.03. The predicted molar refractivity (Wildman–Crippen MR) is 52.5 cm³/mol. The largest absolute Gasteiger partial charge is 0.0648 e. The van der Waals surface area contributed by atoms with Crippen molar-refractivity contribution in [2.45, 2.75) is 19.3 Å². The smallest absolute Gasteiger partial charge is 0.0178 e. The van der Waals surface area contributed by atoms with Gasteiger partial charge in [0.15, 0.2) is 0 Å². The summed E-state index contributed by atoms with van der Waals surface area (Å²) in [6, 6.07) is 8.33. The van der Waals surface area contributed by atoms with Crippen molar-refractivity contribution >= 4 is 15.9 Å². The van der Waals surface area contributed by atoms with Gasteiger partial charge in [0.1, 0.15) is 0 Å². The van der Waals surface area contributed by atoms with E-state index in [0.717, 1.165) is 10.9 Å². The maximum absolute atomic E-state index is 4.05. The molecule has 0 heterocycles. The summed E-state index contributed by atoms with van der Waals surface area (Å²) in [5, 5.41) is 0. The summed E-state index contributed by atoms with van der Waals surface area (Å²) in [4.78, 5) is 0. The molecule has 1 aromatic carbocycles. The van der Waals surface area contributed by atoms with Crippen LogP contribution in [0, 0.1) is 6.92 Å². The fraction of sp³-hybridized carbons (Fsp3) is 0.300. The Labute approximate surface area is 76.8 Å². The van der Waals surface area contributed by atoms with Gasteiger partial charge in [0.25, 0.3) is 0 Å². The van der Waals surface area contributed by atoms with Crippen LogP contribution in [0.3, 0.4) is 0 Å². The Bertz CT molecular complexity index is 230. The van der Waals surface area contributed by atoms with E-state index in [4.69, 9.17) is 0 Å². The third kappa shape index (κ3) is 2.33. The maximum atomic E-state index is 4.05. The second-order valence-electron chi connectivity index (χ2n) is 2.66. The van der Waals surface area contributed by atoms with Crippen LogP contribution in [0.25, 0.3) is 0 Å². The van der Waals surface area contributed by atoms with Crippen LogP contribution >= 0.6 is 15.9 Å². The number of halogens is 1. The van der Waals surface area contributed by atoms with E-state index in [2.05, 4.69) is 41.9 Å². The van der Waals surface area contributed by atoms with Gasteiger partial charge >= 0.3 is 0 Å². The highest BCUT2D eigenvalue weighted by Crippen LogP contribution is 2.21. The SMILES string of the molecule is [CH2]C(CC)c1cccc(Br)c1. The van der Waals surface area contributed by atoms with E-state index < -0.39 is 0 Å². The third-order valence-corrected chi connectivity index (χ3v) is 2.31. The van der Waals surface area contributed by atoms with Crippen molar-refractivity contribution in [2.24, 2.45) is 0 Å². The minimum absolute atomic E-state index is 0.424. The monoisotopic (exact) mass is 211 g/mol. The van der Waals surface area contributed by atoms with Gasteiger partial charge in [-0.15, -0.1) is 0 Å². The van der Waals surface area contributed by atoms with E-state index in [1.54, 1.807) is 0 Å². The Balaban J connectivity index is 2.86. The van der Waals surface area contributed by atoms with E-state index in [1.165, 1.54) is 5.56 Å². The number of hydrogen-bond acceptors (Lipinski definition) is 0. The molecule has 1 atom stereocenters. The zero-order valence-corrected chi connectivity index (χ0v) is 8.26. The molecule has 0 bridgehead atoms. The molecule has 0 saturated carbocycles. The van der Waals surface area contributed by atoms with Crippen LogP contribution < -0.4 is 0 Å². The third-order valence-electron chi connectivity index (χ3n) is 1.81. The molecule has 0 N–H and O–H groups in total. The van der Waals surface area contributed by atoms with E-state index in [9.17, 15) is 0 Å². The van der Waals surface area contributed by atoms with Crippen molar-refractivity contribution in [1.82, 2.24) is 0 Å². The Hall–Kier alpha value is -0.300. The Kier molecular flexibility index (Phi) is 3.13. The van der Waals surface area contributed by atoms with Crippen LogP contribution in [0.2, 0.25) is 0 Å². The van der Waals surface area contributed by atoms with Gasteiger partial charge in [-0.2, -0.15) is 0 Å². The van der Waals surface area contributed by atoms with E-state index in [-0.39, 0.29) is 0 Å². The molecule has 1 rings (SSSR count). The summed E-state index contributed by atoms with van der Waals surface area (Å²) in [7, 11) is 0. The molecular formula is C10H12Br. The molecule has 0 spiro atoms.